The second kappa shape index (κ2) is 12.7. The molecule has 0 aromatic heterocycles. The molecule has 5 aromatic rings. The van der Waals surface area contributed by atoms with Crippen LogP contribution in [0.5, 0.6) is 5.75 Å². The molecule has 0 amide bonds. The van der Waals surface area contributed by atoms with Gasteiger partial charge < -0.3 is 9.64 Å². The van der Waals surface area contributed by atoms with Crippen molar-refractivity contribution in [3.63, 3.8) is 0 Å². The van der Waals surface area contributed by atoms with Crippen molar-refractivity contribution in [1.82, 2.24) is 4.90 Å². The molecule has 7 rings (SSSR count). The number of hydrogen-bond donors (Lipinski definition) is 0. The molecule has 2 aliphatic rings. The molecule has 43 heavy (non-hydrogen) atoms. The molecule has 5 aromatic carbocycles. The molecule has 3 nitrogen and oxygen atoms in total. The van der Waals surface area contributed by atoms with Crippen molar-refractivity contribution in [1.29, 1.82) is 0 Å². The van der Waals surface area contributed by atoms with Gasteiger partial charge in [0.25, 0.3) is 0 Å². The first kappa shape index (κ1) is 27.8. The van der Waals surface area contributed by atoms with E-state index in [0.29, 0.717) is 11.9 Å². The first-order valence-corrected chi connectivity index (χ1v) is 16.4. The van der Waals surface area contributed by atoms with Crippen molar-refractivity contribution >= 4 is 17.4 Å². The highest BCUT2D eigenvalue weighted by Gasteiger charge is 2.45. The van der Waals surface area contributed by atoms with E-state index in [4.69, 9.17) is 4.74 Å². The summed E-state index contributed by atoms with van der Waals surface area (Å²) in [6.45, 7) is 3.71. The van der Waals surface area contributed by atoms with Crippen LogP contribution in [0.2, 0.25) is 0 Å². The van der Waals surface area contributed by atoms with Gasteiger partial charge in [-0.25, -0.2) is 0 Å². The highest BCUT2D eigenvalue weighted by Crippen LogP contribution is 2.46. The average molecular weight is 583 g/mol. The lowest BCUT2D eigenvalue weighted by Gasteiger charge is -2.43. The van der Waals surface area contributed by atoms with E-state index in [1.165, 1.54) is 33.5 Å². The Morgan fingerprint density at radius 3 is 1.88 bits per heavy atom. The molecular weight excluding hydrogens is 545 g/mol. The van der Waals surface area contributed by atoms with E-state index in [9.17, 15) is 0 Å². The molecule has 216 valence electrons. The first-order chi connectivity index (χ1) is 21.3. The van der Waals surface area contributed by atoms with Crippen LogP contribution in [0.25, 0.3) is 0 Å². The van der Waals surface area contributed by atoms with Gasteiger partial charge >= 0.3 is 0 Å². The number of nitrogens with zero attached hydrogens (tertiary/aromatic N) is 2. The first-order valence-electron chi connectivity index (χ1n) is 15.4. The smallest absolute Gasteiger partial charge is 0.119 e. The highest BCUT2D eigenvalue weighted by atomic mass is 32.2. The fourth-order valence-corrected chi connectivity index (χ4v) is 8.17. The molecule has 1 unspecified atom stereocenters. The summed E-state index contributed by atoms with van der Waals surface area (Å²) in [7, 11) is 0. The van der Waals surface area contributed by atoms with Gasteiger partial charge in [0.05, 0.1) is 12.1 Å². The van der Waals surface area contributed by atoms with Gasteiger partial charge in [-0.05, 0) is 58.9 Å². The van der Waals surface area contributed by atoms with Crippen LogP contribution in [0, 0.1) is 0 Å². The van der Waals surface area contributed by atoms with Crippen LogP contribution < -0.4 is 9.64 Å². The summed E-state index contributed by atoms with van der Waals surface area (Å²) < 4.78 is 6.16. The largest absolute Gasteiger partial charge is 0.492 e. The Labute approximate surface area is 260 Å². The predicted octanol–water partition coefficient (Wildman–Crippen LogP) is 8.04. The minimum Gasteiger partial charge on any atom is -0.492 e. The second-order valence-corrected chi connectivity index (χ2v) is 12.8. The molecule has 1 atom stereocenters. The molecule has 2 aliphatic heterocycles. The number of para-hydroxylation sites is 1. The summed E-state index contributed by atoms with van der Waals surface area (Å²) in [4.78, 5) is 5.13. The van der Waals surface area contributed by atoms with Gasteiger partial charge in [-0.2, -0.15) is 0 Å². The molecule has 4 heteroatoms. The Morgan fingerprint density at radius 1 is 0.674 bits per heavy atom. The Bertz CT molecular complexity index is 1510. The molecule has 0 radical (unpaired) electrons. The molecule has 0 saturated carbocycles. The number of rotatable bonds is 10. The van der Waals surface area contributed by atoms with Gasteiger partial charge in [-0.15, -0.1) is 11.8 Å². The summed E-state index contributed by atoms with van der Waals surface area (Å²) in [5.41, 5.74) is 7.76. The zero-order valence-electron chi connectivity index (χ0n) is 24.5. The van der Waals surface area contributed by atoms with Crippen LogP contribution in [0.3, 0.4) is 0 Å². The van der Waals surface area contributed by atoms with Gasteiger partial charge in [-0.3, -0.25) is 4.90 Å². The number of anilines is 1. The lowest BCUT2D eigenvalue weighted by atomic mass is 9.75. The van der Waals surface area contributed by atoms with Crippen LogP contribution in [0.15, 0.2) is 140 Å². The normalized spacial score (nSPS) is 16.7. The lowest BCUT2D eigenvalue weighted by molar-refractivity contribution is 0.202. The molecule has 0 aliphatic carbocycles. The second-order valence-electron chi connectivity index (χ2n) is 11.5. The van der Waals surface area contributed by atoms with Crippen molar-refractivity contribution in [3.05, 3.63) is 167 Å². The van der Waals surface area contributed by atoms with Gasteiger partial charge in [0.1, 0.15) is 12.4 Å². The molecule has 0 bridgehead atoms. The Hall–Kier alpha value is -3.99. The SMILES string of the molecule is c1ccc(C(c2ccccc2)(c2ccccc2)N2CSC(Cc3ccc(OCCN4CCc5ccccc54)cc3)C2)cc1. The van der Waals surface area contributed by atoms with Gasteiger partial charge in [0.15, 0.2) is 0 Å². The third-order valence-electron chi connectivity index (χ3n) is 8.94. The molecule has 0 spiro atoms. The van der Waals surface area contributed by atoms with Crippen LogP contribution in [-0.4, -0.2) is 42.3 Å². The van der Waals surface area contributed by atoms with Gasteiger partial charge in [0, 0.05) is 29.9 Å². The Kier molecular flexibility index (Phi) is 8.22. The van der Waals surface area contributed by atoms with Crippen LogP contribution in [0.4, 0.5) is 5.69 Å². The number of thioether (sulfide) groups is 1. The molecule has 1 saturated heterocycles. The molecule has 1 fully saturated rings. The molecular formula is C39H38N2OS. The average Bonchev–Trinajstić information content (AvgIpc) is 3.71. The maximum atomic E-state index is 6.16. The zero-order chi connectivity index (χ0) is 28.9. The predicted molar refractivity (Wildman–Crippen MR) is 180 cm³/mol. The third kappa shape index (κ3) is 5.70. The molecule has 0 N–H and O–H groups in total. The van der Waals surface area contributed by atoms with Crippen LogP contribution in [0.1, 0.15) is 27.8 Å². The minimum atomic E-state index is -0.348. The van der Waals surface area contributed by atoms with Crippen LogP contribution in [-0.2, 0) is 18.4 Å². The Balaban J connectivity index is 1.05. The summed E-state index contributed by atoms with van der Waals surface area (Å²) >= 11 is 2.07. The van der Waals surface area contributed by atoms with E-state index in [2.05, 4.69) is 161 Å². The summed E-state index contributed by atoms with van der Waals surface area (Å²) in [5.74, 6) is 1.93. The van der Waals surface area contributed by atoms with E-state index < -0.39 is 0 Å². The third-order valence-corrected chi connectivity index (χ3v) is 10.2. The van der Waals surface area contributed by atoms with Crippen molar-refractivity contribution < 1.29 is 4.74 Å². The van der Waals surface area contributed by atoms with E-state index in [-0.39, 0.29) is 5.54 Å². The fraction of sp³-hybridized carbons (Fsp3) is 0.231. The summed E-state index contributed by atoms with van der Waals surface area (Å²) in [6.07, 6.45) is 2.17. The maximum Gasteiger partial charge on any atom is 0.119 e. The Morgan fingerprint density at radius 2 is 1.26 bits per heavy atom. The van der Waals surface area contributed by atoms with E-state index in [0.717, 1.165) is 44.1 Å². The highest BCUT2D eigenvalue weighted by molar-refractivity contribution is 8.00. The standard InChI is InChI=1S/C39H38N2OS/c1-4-13-33(14-5-1)39(34-15-6-2-7-16-34,35-17-8-3-9-18-35)41-29-37(43-30-41)28-31-20-22-36(23-21-31)42-27-26-40-25-24-32-12-10-11-19-38(32)40/h1-23,37H,24-30H2. The van der Waals surface area contributed by atoms with Crippen LogP contribution >= 0.6 is 11.8 Å². The summed E-state index contributed by atoms with van der Waals surface area (Å²) in [5, 5.41) is 0.512. The summed E-state index contributed by atoms with van der Waals surface area (Å²) in [6, 6.07) is 50.6. The zero-order valence-corrected chi connectivity index (χ0v) is 25.3. The quantitative estimate of drug-likeness (QED) is 0.155. The van der Waals surface area contributed by atoms with Crippen molar-refractivity contribution in [2.24, 2.45) is 0 Å². The number of benzene rings is 5. The van der Waals surface area contributed by atoms with Crippen molar-refractivity contribution in [2.45, 2.75) is 23.6 Å². The van der Waals surface area contributed by atoms with Gasteiger partial charge in [0.2, 0.25) is 0 Å². The van der Waals surface area contributed by atoms with Gasteiger partial charge in [-0.1, -0.05) is 121 Å². The van der Waals surface area contributed by atoms with E-state index in [1.807, 2.05) is 0 Å². The minimum absolute atomic E-state index is 0.348. The van der Waals surface area contributed by atoms with Crippen molar-refractivity contribution in [3.8, 4) is 5.75 Å². The molecule has 2 heterocycles. The lowest BCUT2D eigenvalue weighted by Crippen LogP contribution is -2.47. The topological polar surface area (TPSA) is 15.7 Å². The number of fused-ring (bicyclic) bond motifs is 1. The maximum absolute atomic E-state index is 6.16. The number of ether oxygens (including phenoxy) is 1. The fourth-order valence-electron chi connectivity index (χ4n) is 6.89. The van der Waals surface area contributed by atoms with E-state index >= 15 is 0 Å². The monoisotopic (exact) mass is 582 g/mol. The number of hydrogen-bond acceptors (Lipinski definition) is 4. The van der Waals surface area contributed by atoms with Crippen molar-refractivity contribution in [2.75, 3.05) is 37.0 Å². The van der Waals surface area contributed by atoms with E-state index in [1.54, 1.807) is 0 Å².